The molecule has 0 bridgehead atoms. The Morgan fingerprint density at radius 3 is 2.68 bits per heavy atom. The van der Waals surface area contributed by atoms with Crippen LogP contribution in [0.4, 0.5) is 5.13 Å². The molecule has 5 nitrogen and oxygen atoms in total. The van der Waals surface area contributed by atoms with Crippen molar-refractivity contribution >= 4 is 51.0 Å². The number of carbonyl (C=O) groups is 2. The van der Waals surface area contributed by atoms with Gasteiger partial charge in [-0.2, -0.15) is 0 Å². The van der Waals surface area contributed by atoms with Gasteiger partial charge in [0.15, 0.2) is 5.13 Å². The smallest absolute Gasteiger partial charge is 0.258 e. The third-order valence-corrected chi connectivity index (χ3v) is 6.27. The summed E-state index contributed by atoms with van der Waals surface area (Å²) in [6, 6.07) is 5.86. The van der Waals surface area contributed by atoms with Gasteiger partial charge in [0.2, 0.25) is 5.91 Å². The lowest BCUT2D eigenvalue weighted by atomic mass is 10.2. The Labute approximate surface area is 157 Å². The number of hydrogen-bond acceptors (Lipinski definition) is 6. The number of hydrogen-bond donors (Lipinski definition) is 2. The van der Waals surface area contributed by atoms with Crippen LogP contribution in [0.25, 0.3) is 10.6 Å². The normalized spacial score (nSPS) is 10.7. The van der Waals surface area contributed by atoms with Gasteiger partial charge in [0.05, 0.1) is 22.7 Å². The summed E-state index contributed by atoms with van der Waals surface area (Å²) in [7, 11) is 0. The van der Waals surface area contributed by atoms with Gasteiger partial charge >= 0.3 is 0 Å². The van der Waals surface area contributed by atoms with Crippen LogP contribution < -0.4 is 10.6 Å². The van der Waals surface area contributed by atoms with Gasteiger partial charge in [-0.25, -0.2) is 4.98 Å². The molecule has 130 valence electrons. The average Bonchev–Trinajstić information content (AvgIpc) is 3.25. The summed E-state index contributed by atoms with van der Waals surface area (Å²) in [6.07, 6.45) is 0. The zero-order valence-corrected chi connectivity index (χ0v) is 16.5. The second-order valence-electron chi connectivity index (χ2n) is 5.49. The molecule has 0 aromatic carbocycles. The number of aromatic nitrogens is 1. The van der Waals surface area contributed by atoms with Crippen LogP contribution in [0.1, 0.15) is 31.9 Å². The first kappa shape index (κ1) is 17.8. The SMILES string of the molecule is CC(=O)NCc1ccc(-c2csc(NC(=O)c3cc(C)sc3C)n2)s1. The van der Waals surface area contributed by atoms with E-state index in [0.717, 1.165) is 25.2 Å². The van der Waals surface area contributed by atoms with Crippen LogP contribution >= 0.6 is 34.0 Å². The van der Waals surface area contributed by atoms with Gasteiger partial charge in [0.25, 0.3) is 5.91 Å². The highest BCUT2D eigenvalue weighted by molar-refractivity contribution is 7.17. The molecule has 0 atom stereocenters. The van der Waals surface area contributed by atoms with Crippen molar-refractivity contribution in [3.8, 4) is 10.6 Å². The first-order chi connectivity index (χ1) is 11.9. The van der Waals surface area contributed by atoms with E-state index >= 15 is 0 Å². The largest absolute Gasteiger partial charge is 0.351 e. The minimum atomic E-state index is -0.125. The van der Waals surface area contributed by atoms with Crippen molar-refractivity contribution in [1.29, 1.82) is 0 Å². The molecular formula is C17H17N3O2S3. The Balaban J connectivity index is 1.69. The zero-order valence-electron chi connectivity index (χ0n) is 14.0. The van der Waals surface area contributed by atoms with Crippen LogP contribution in [0.5, 0.6) is 0 Å². The highest BCUT2D eigenvalue weighted by atomic mass is 32.1. The molecule has 3 aromatic heterocycles. The summed E-state index contributed by atoms with van der Waals surface area (Å²) >= 11 is 4.60. The first-order valence-corrected chi connectivity index (χ1v) is 10.1. The molecule has 3 aromatic rings. The third-order valence-electron chi connectivity index (χ3n) is 3.44. The molecule has 0 aliphatic rings. The van der Waals surface area contributed by atoms with E-state index < -0.39 is 0 Å². The van der Waals surface area contributed by atoms with Crippen molar-refractivity contribution in [2.75, 3.05) is 5.32 Å². The predicted molar refractivity (Wildman–Crippen MR) is 105 cm³/mol. The number of nitrogens with one attached hydrogen (secondary N) is 2. The maximum absolute atomic E-state index is 12.4. The molecule has 2 amide bonds. The Morgan fingerprint density at radius 1 is 1.20 bits per heavy atom. The van der Waals surface area contributed by atoms with Crippen molar-refractivity contribution in [3.05, 3.63) is 43.8 Å². The van der Waals surface area contributed by atoms with Gasteiger partial charge in [0, 0.05) is 26.9 Å². The Morgan fingerprint density at radius 2 is 2.00 bits per heavy atom. The van der Waals surface area contributed by atoms with Crippen molar-refractivity contribution in [3.63, 3.8) is 0 Å². The van der Waals surface area contributed by atoms with Crippen LogP contribution in [0.15, 0.2) is 23.6 Å². The Bertz CT molecular complexity index is 923. The number of rotatable bonds is 5. The number of thiophene rings is 2. The van der Waals surface area contributed by atoms with Crippen LogP contribution in [0.3, 0.4) is 0 Å². The molecular weight excluding hydrogens is 374 g/mol. The van der Waals surface area contributed by atoms with Crippen LogP contribution in [0.2, 0.25) is 0 Å². The lowest BCUT2D eigenvalue weighted by Crippen LogP contribution is -2.17. The van der Waals surface area contributed by atoms with Crippen LogP contribution in [0, 0.1) is 13.8 Å². The van der Waals surface area contributed by atoms with Gasteiger partial charge in [-0.05, 0) is 32.0 Å². The topological polar surface area (TPSA) is 71.1 Å². The van der Waals surface area contributed by atoms with Gasteiger partial charge < -0.3 is 5.32 Å². The molecule has 0 saturated heterocycles. The highest BCUT2D eigenvalue weighted by Crippen LogP contribution is 2.31. The lowest BCUT2D eigenvalue weighted by molar-refractivity contribution is -0.119. The molecule has 0 fully saturated rings. The van der Waals surface area contributed by atoms with E-state index in [1.807, 2.05) is 37.4 Å². The van der Waals surface area contributed by atoms with E-state index in [1.165, 1.54) is 18.3 Å². The maximum Gasteiger partial charge on any atom is 0.258 e. The van der Waals surface area contributed by atoms with Gasteiger partial charge in [-0.3, -0.25) is 14.9 Å². The molecule has 0 radical (unpaired) electrons. The number of carbonyl (C=O) groups excluding carboxylic acids is 2. The molecule has 8 heteroatoms. The number of thiazole rings is 1. The zero-order chi connectivity index (χ0) is 18.0. The number of anilines is 1. The molecule has 0 aliphatic carbocycles. The fourth-order valence-corrected chi connectivity index (χ4v) is 4.90. The molecule has 3 heterocycles. The van der Waals surface area contributed by atoms with E-state index in [9.17, 15) is 9.59 Å². The summed E-state index contributed by atoms with van der Waals surface area (Å²) in [5.74, 6) is -0.173. The van der Waals surface area contributed by atoms with E-state index in [0.29, 0.717) is 17.2 Å². The molecule has 0 spiro atoms. The lowest BCUT2D eigenvalue weighted by Gasteiger charge is -2.00. The second kappa shape index (κ2) is 7.47. The summed E-state index contributed by atoms with van der Waals surface area (Å²) < 4.78 is 0. The standard InChI is InChI=1S/C17H17N3O2S3/c1-9-6-13(10(2)24-9)16(22)20-17-19-14(8-23-17)15-5-4-12(25-15)7-18-11(3)21/h4-6,8H,7H2,1-3H3,(H,18,21)(H,19,20,22). The van der Waals surface area contributed by atoms with Crippen molar-refractivity contribution in [2.45, 2.75) is 27.3 Å². The van der Waals surface area contributed by atoms with Crippen molar-refractivity contribution < 1.29 is 9.59 Å². The van der Waals surface area contributed by atoms with Gasteiger partial charge in [-0.15, -0.1) is 34.0 Å². The highest BCUT2D eigenvalue weighted by Gasteiger charge is 2.14. The summed E-state index contributed by atoms with van der Waals surface area (Å²) in [6.45, 7) is 5.96. The summed E-state index contributed by atoms with van der Waals surface area (Å²) in [5.41, 5.74) is 1.53. The van der Waals surface area contributed by atoms with Crippen LogP contribution in [-0.2, 0) is 11.3 Å². The molecule has 0 aliphatic heterocycles. The van der Waals surface area contributed by atoms with Crippen LogP contribution in [-0.4, -0.2) is 16.8 Å². The number of nitrogens with zero attached hydrogens (tertiary/aromatic N) is 1. The number of amides is 2. The molecule has 0 unspecified atom stereocenters. The molecule has 0 saturated carbocycles. The van der Waals surface area contributed by atoms with Crippen molar-refractivity contribution in [2.24, 2.45) is 0 Å². The van der Waals surface area contributed by atoms with Gasteiger partial charge in [-0.1, -0.05) is 0 Å². The Kier molecular flexibility index (Phi) is 5.31. The summed E-state index contributed by atoms with van der Waals surface area (Å²) in [5, 5.41) is 8.16. The fraction of sp³-hybridized carbons (Fsp3) is 0.235. The van der Waals surface area contributed by atoms with E-state index in [4.69, 9.17) is 0 Å². The monoisotopic (exact) mass is 391 g/mol. The fourth-order valence-electron chi connectivity index (χ4n) is 2.29. The van der Waals surface area contributed by atoms with E-state index in [2.05, 4.69) is 15.6 Å². The number of aryl methyl sites for hydroxylation is 2. The molecule has 3 rings (SSSR count). The Hall–Kier alpha value is -2.03. The maximum atomic E-state index is 12.4. The minimum absolute atomic E-state index is 0.0485. The predicted octanol–water partition coefficient (Wildman–Crippen LogP) is 4.44. The first-order valence-electron chi connectivity index (χ1n) is 7.60. The van der Waals surface area contributed by atoms with E-state index in [-0.39, 0.29) is 11.8 Å². The average molecular weight is 392 g/mol. The summed E-state index contributed by atoms with van der Waals surface area (Å²) in [4.78, 5) is 32.1. The second-order valence-corrected chi connectivity index (χ2v) is 8.98. The minimum Gasteiger partial charge on any atom is -0.351 e. The van der Waals surface area contributed by atoms with Gasteiger partial charge in [0.1, 0.15) is 0 Å². The molecule has 2 N–H and O–H groups in total. The molecule has 25 heavy (non-hydrogen) atoms. The van der Waals surface area contributed by atoms with E-state index in [1.54, 1.807) is 22.7 Å². The quantitative estimate of drug-likeness (QED) is 0.675. The third kappa shape index (κ3) is 4.33. The van der Waals surface area contributed by atoms with Crippen molar-refractivity contribution in [1.82, 2.24) is 10.3 Å².